The Morgan fingerprint density at radius 1 is 1.46 bits per heavy atom. The summed E-state index contributed by atoms with van der Waals surface area (Å²) < 4.78 is 6.78. The Morgan fingerprint density at radius 3 is 2.77 bits per heavy atom. The van der Waals surface area contributed by atoms with Crippen LogP contribution in [0.15, 0.2) is 18.3 Å². The Hall–Kier alpha value is 0.00623. The van der Waals surface area contributed by atoms with Crippen molar-refractivity contribution >= 4 is 32.0 Å². The van der Waals surface area contributed by atoms with Crippen LogP contribution in [0.1, 0.15) is 19.3 Å². The van der Waals surface area contributed by atoms with Gasteiger partial charge in [-0.05, 0) is 25.3 Å². The molecular formula is C9H10ClMgNO. The molecule has 1 aliphatic carbocycles. The summed E-state index contributed by atoms with van der Waals surface area (Å²) in [6, 6.07) is 3.93. The summed E-state index contributed by atoms with van der Waals surface area (Å²) in [6.45, 7) is 0. The van der Waals surface area contributed by atoms with E-state index in [1.54, 1.807) is 0 Å². The van der Waals surface area contributed by atoms with E-state index in [-0.39, 0.29) is 0 Å². The van der Waals surface area contributed by atoms with Gasteiger partial charge in [-0.15, -0.1) is 3.69 Å². The highest BCUT2D eigenvalue weighted by atomic mass is 35.5. The van der Waals surface area contributed by atoms with Crippen LogP contribution in [-0.2, 0) is 0 Å². The molecule has 66 valence electrons. The number of nitrogens with zero attached hydrogens (tertiary/aromatic N) is 1. The highest BCUT2D eigenvalue weighted by molar-refractivity contribution is 7.01. The van der Waals surface area contributed by atoms with Crippen LogP contribution >= 0.6 is 9.07 Å². The van der Waals surface area contributed by atoms with E-state index in [0.717, 1.165) is 5.88 Å². The predicted octanol–water partition coefficient (Wildman–Crippen LogP) is 1.50. The summed E-state index contributed by atoms with van der Waals surface area (Å²) >= 11 is -0.589. The summed E-state index contributed by atoms with van der Waals surface area (Å²) in [5.74, 6) is 0.743. The lowest BCUT2D eigenvalue weighted by Crippen LogP contribution is -2.25. The Balaban J connectivity index is 1.96. The molecule has 0 unspecified atom stereocenters. The van der Waals surface area contributed by atoms with Crippen LogP contribution in [0.5, 0.6) is 5.88 Å². The average molecular weight is 208 g/mol. The number of hydrogen-bond donors (Lipinski definition) is 0. The van der Waals surface area contributed by atoms with Crippen molar-refractivity contribution in [2.24, 2.45) is 0 Å². The highest BCUT2D eigenvalue weighted by Crippen LogP contribution is 2.23. The Labute approximate surface area is 91.1 Å². The van der Waals surface area contributed by atoms with Crippen LogP contribution < -0.4 is 8.43 Å². The van der Waals surface area contributed by atoms with E-state index in [1.807, 2.05) is 18.3 Å². The van der Waals surface area contributed by atoms with E-state index in [4.69, 9.17) is 13.8 Å². The van der Waals surface area contributed by atoms with Gasteiger partial charge >= 0.3 is 19.3 Å². The van der Waals surface area contributed by atoms with Crippen LogP contribution in [0.3, 0.4) is 0 Å². The van der Waals surface area contributed by atoms with Crippen LogP contribution in [-0.4, -0.2) is 30.4 Å². The van der Waals surface area contributed by atoms with Crippen LogP contribution in [0.4, 0.5) is 0 Å². The number of hydrogen-bond acceptors (Lipinski definition) is 2. The van der Waals surface area contributed by atoms with E-state index in [1.165, 1.54) is 23.0 Å². The van der Waals surface area contributed by atoms with Crippen molar-refractivity contribution in [3.05, 3.63) is 18.3 Å². The number of rotatable bonds is 3. The van der Waals surface area contributed by atoms with Gasteiger partial charge in [-0.25, -0.2) is 4.98 Å². The molecular weight excluding hydrogens is 198 g/mol. The maximum absolute atomic E-state index is 5.78. The van der Waals surface area contributed by atoms with Crippen LogP contribution in [0, 0.1) is 0 Å². The predicted molar refractivity (Wildman–Crippen MR) is 53.7 cm³/mol. The van der Waals surface area contributed by atoms with Crippen molar-refractivity contribution in [2.45, 2.75) is 25.4 Å². The molecule has 4 heteroatoms. The van der Waals surface area contributed by atoms with Gasteiger partial charge in [0, 0.05) is 6.20 Å². The monoisotopic (exact) mass is 207 g/mol. The van der Waals surface area contributed by atoms with E-state index >= 15 is 0 Å². The number of ether oxygens (including phenoxy) is 1. The van der Waals surface area contributed by atoms with E-state index < -0.39 is 19.3 Å². The van der Waals surface area contributed by atoms with Gasteiger partial charge in [-0.3, -0.25) is 0 Å². The molecule has 2 rings (SSSR count). The molecule has 1 heterocycles. The zero-order valence-electron chi connectivity index (χ0n) is 7.37. The molecule has 1 aromatic heterocycles. The van der Waals surface area contributed by atoms with Crippen molar-refractivity contribution in [2.75, 3.05) is 0 Å². The summed E-state index contributed by atoms with van der Waals surface area (Å²) in [6.07, 6.45) is 5.87. The molecule has 0 radical (unpaired) electrons. The van der Waals surface area contributed by atoms with Crippen LogP contribution in [0.2, 0.25) is 0 Å². The molecule has 0 bridgehead atoms. The molecule has 0 spiro atoms. The maximum atomic E-state index is 5.78. The number of aromatic nitrogens is 1. The van der Waals surface area contributed by atoms with Gasteiger partial charge in [0.25, 0.3) is 0 Å². The summed E-state index contributed by atoms with van der Waals surface area (Å²) in [5.41, 5.74) is 0. The third-order valence-corrected chi connectivity index (χ3v) is 3.94. The zero-order chi connectivity index (χ0) is 9.10. The fourth-order valence-corrected chi connectivity index (χ4v) is 2.06. The Bertz CT molecular complexity index is 273. The molecule has 0 aliphatic heterocycles. The topological polar surface area (TPSA) is 22.1 Å². The fraction of sp³-hybridized carbons (Fsp3) is 0.444. The van der Waals surface area contributed by atoms with Gasteiger partial charge in [0.15, 0.2) is 0 Å². The zero-order valence-corrected chi connectivity index (χ0v) is 9.54. The molecule has 0 N–H and O–H groups in total. The van der Waals surface area contributed by atoms with Gasteiger partial charge in [-0.2, -0.15) is 0 Å². The molecule has 13 heavy (non-hydrogen) atoms. The van der Waals surface area contributed by atoms with E-state index in [0.29, 0.717) is 6.10 Å². The Morgan fingerprint density at radius 2 is 2.31 bits per heavy atom. The third kappa shape index (κ3) is 2.48. The van der Waals surface area contributed by atoms with Gasteiger partial charge < -0.3 is 13.8 Å². The second-order valence-electron chi connectivity index (χ2n) is 3.31. The van der Waals surface area contributed by atoms with Crippen molar-refractivity contribution in [3.63, 3.8) is 0 Å². The summed E-state index contributed by atoms with van der Waals surface area (Å²) in [7, 11) is 5.78. The van der Waals surface area contributed by atoms with Gasteiger partial charge in [0.2, 0.25) is 5.88 Å². The second-order valence-corrected chi connectivity index (χ2v) is 5.19. The maximum Gasteiger partial charge on any atom is 0.540 e. The van der Waals surface area contributed by atoms with E-state index in [2.05, 4.69) is 4.98 Å². The molecule has 1 aliphatic rings. The smallest absolute Gasteiger partial charge is 0.474 e. The SMILES string of the molecule is [Cl][Mg][c]1ccc(OC2CCC2)nc1. The van der Waals surface area contributed by atoms with Crippen LogP contribution in [0.25, 0.3) is 0 Å². The first-order valence-corrected chi connectivity index (χ1v) is 7.40. The average Bonchev–Trinajstić information content (AvgIpc) is 2.12. The number of halogens is 1. The van der Waals surface area contributed by atoms with Crippen molar-refractivity contribution < 1.29 is 4.74 Å². The molecule has 0 amide bonds. The fourth-order valence-electron chi connectivity index (χ4n) is 1.22. The van der Waals surface area contributed by atoms with E-state index in [9.17, 15) is 0 Å². The van der Waals surface area contributed by atoms with Gasteiger partial charge in [0.05, 0.1) is 0 Å². The minimum atomic E-state index is -0.589. The number of pyridine rings is 1. The molecule has 1 aromatic rings. The van der Waals surface area contributed by atoms with Gasteiger partial charge in [-0.1, -0.05) is 6.07 Å². The van der Waals surface area contributed by atoms with Crippen molar-refractivity contribution in [1.82, 2.24) is 4.98 Å². The first-order valence-electron chi connectivity index (χ1n) is 4.56. The van der Waals surface area contributed by atoms with Crippen molar-refractivity contribution in [1.29, 1.82) is 0 Å². The summed E-state index contributed by atoms with van der Waals surface area (Å²) in [5, 5.41) is 0. The van der Waals surface area contributed by atoms with Crippen molar-refractivity contribution in [3.8, 4) is 5.88 Å². The lowest BCUT2D eigenvalue weighted by molar-refractivity contribution is 0.114. The molecule has 0 aromatic carbocycles. The lowest BCUT2D eigenvalue weighted by atomic mass is 9.96. The minimum absolute atomic E-state index is 0.409. The first kappa shape index (κ1) is 9.56. The summed E-state index contributed by atoms with van der Waals surface area (Å²) in [4.78, 5) is 4.20. The highest BCUT2D eigenvalue weighted by Gasteiger charge is 2.19. The van der Waals surface area contributed by atoms with Gasteiger partial charge in [0.1, 0.15) is 6.10 Å². The second kappa shape index (κ2) is 4.49. The lowest BCUT2D eigenvalue weighted by Gasteiger charge is -2.25. The quantitative estimate of drug-likeness (QED) is 0.702. The largest absolute Gasteiger partial charge is 0.540 e. The third-order valence-electron chi connectivity index (χ3n) is 2.29. The molecule has 0 atom stereocenters. The molecule has 2 nitrogen and oxygen atoms in total. The molecule has 0 saturated heterocycles. The Kier molecular flexibility index (Phi) is 3.30. The minimum Gasteiger partial charge on any atom is -0.474 e. The standard InChI is InChI=1S/C9H10NO.ClH.Mg/c1-2-7-10-9(6-1)11-8-4-3-5-8;;/h1,6-8H,3-5H2;1H;/q;;+1/p-1. The normalized spacial score (nSPS) is 16.1. The molecule has 1 fully saturated rings. The molecule has 1 saturated carbocycles. The first-order chi connectivity index (χ1) is 6.38.